The fourth-order valence-electron chi connectivity index (χ4n) is 5.31. The Morgan fingerprint density at radius 3 is 1.60 bits per heavy atom. The quantitative estimate of drug-likeness (QED) is 0.0683. The molecule has 58 heavy (non-hydrogen) atoms. The summed E-state index contributed by atoms with van der Waals surface area (Å²) in [5.74, 6) is -7.03. The molecule has 296 valence electrons. The monoisotopic (exact) mass is 812 g/mol. The number of Topliss-reactive ketones (excluding diaryl/α,β-unsaturated/α-hetero) is 3. The normalized spacial score (nSPS) is 10.8. The van der Waals surface area contributed by atoms with Crippen LogP contribution in [0.2, 0.25) is 5.02 Å². The first kappa shape index (κ1) is 40.3. The third-order valence-corrected chi connectivity index (χ3v) is 8.59. The first-order valence-electron chi connectivity index (χ1n) is 17.1. The molecule has 0 heterocycles. The molecule has 6 aromatic carbocycles. The summed E-state index contributed by atoms with van der Waals surface area (Å²) in [6.07, 6.45) is 0. The van der Waals surface area contributed by atoms with Gasteiger partial charge in [-0.15, -0.1) is 0 Å². The molecule has 4 N–H and O–H groups in total. The molecule has 0 aliphatic carbocycles. The lowest BCUT2D eigenvalue weighted by Crippen LogP contribution is -2.14. The van der Waals surface area contributed by atoms with Gasteiger partial charge in [-0.05, 0) is 91.3 Å². The standard InChI is InChI=1S/C43H31ClF2O12/c1-23-14-29(37(52)21-55-27-12-8-25(45)9-13-27)40(18-32(23)47)57-43-16-30(38(53)22-56-39-5-3-2-4-31(39)46)41(19-35(43)50)58-42-15-28(33(48)17-34(42)49)36(51)20-54-26-10-6-24(44)7-11-26/h2-19,47-50H,20-22H2,1H3. The number of ether oxygens (including phenoxy) is 5. The second-order valence-corrected chi connectivity index (χ2v) is 12.9. The van der Waals surface area contributed by atoms with E-state index in [2.05, 4.69) is 0 Å². The van der Waals surface area contributed by atoms with Gasteiger partial charge in [0.15, 0.2) is 54.4 Å². The molecule has 0 aromatic heterocycles. The second-order valence-electron chi connectivity index (χ2n) is 12.5. The van der Waals surface area contributed by atoms with Crippen LogP contribution in [0, 0.1) is 18.6 Å². The highest BCUT2D eigenvalue weighted by Crippen LogP contribution is 2.43. The third kappa shape index (κ3) is 9.72. The number of rotatable bonds is 16. The molecule has 0 aliphatic rings. The van der Waals surface area contributed by atoms with Gasteiger partial charge in [-0.2, -0.15) is 0 Å². The van der Waals surface area contributed by atoms with Gasteiger partial charge in [0.1, 0.15) is 40.3 Å². The summed E-state index contributed by atoms with van der Waals surface area (Å²) >= 11 is 5.89. The number of phenols is 4. The van der Waals surface area contributed by atoms with Gasteiger partial charge in [0.05, 0.1) is 16.7 Å². The highest BCUT2D eigenvalue weighted by molar-refractivity contribution is 6.30. The largest absolute Gasteiger partial charge is 0.508 e. The molecule has 6 rings (SSSR count). The first-order valence-corrected chi connectivity index (χ1v) is 17.5. The summed E-state index contributed by atoms with van der Waals surface area (Å²) in [5, 5.41) is 43.4. The van der Waals surface area contributed by atoms with Crippen molar-refractivity contribution in [3.63, 3.8) is 0 Å². The number of benzene rings is 6. The van der Waals surface area contributed by atoms with Crippen molar-refractivity contribution >= 4 is 29.0 Å². The molecular weight excluding hydrogens is 782 g/mol. The average molecular weight is 813 g/mol. The van der Waals surface area contributed by atoms with Gasteiger partial charge < -0.3 is 44.1 Å². The van der Waals surface area contributed by atoms with E-state index in [1.807, 2.05) is 0 Å². The molecule has 0 spiro atoms. The Hall–Kier alpha value is -7.32. The molecule has 0 saturated carbocycles. The van der Waals surface area contributed by atoms with Crippen LogP contribution in [0.1, 0.15) is 36.6 Å². The zero-order valence-electron chi connectivity index (χ0n) is 30.2. The van der Waals surface area contributed by atoms with E-state index in [4.69, 9.17) is 35.3 Å². The number of aromatic hydroxyl groups is 4. The number of phenolic OH excluding ortho intramolecular Hbond substituents is 4. The van der Waals surface area contributed by atoms with Gasteiger partial charge in [-0.1, -0.05) is 23.7 Å². The molecule has 0 amide bonds. The van der Waals surface area contributed by atoms with Crippen LogP contribution in [0.15, 0.2) is 109 Å². The number of aryl methyl sites for hydroxylation is 1. The predicted octanol–water partition coefficient (Wildman–Crippen LogP) is 9.12. The van der Waals surface area contributed by atoms with Gasteiger partial charge in [0, 0.05) is 23.2 Å². The van der Waals surface area contributed by atoms with Crippen molar-refractivity contribution < 1.29 is 67.3 Å². The van der Waals surface area contributed by atoms with Crippen LogP contribution in [0.25, 0.3) is 0 Å². The molecule has 0 atom stereocenters. The van der Waals surface area contributed by atoms with Gasteiger partial charge >= 0.3 is 0 Å². The van der Waals surface area contributed by atoms with E-state index in [9.17, 15) is 43.6 Å². The van der Waals surface area contributed by atoms with Crippen LogP contribution in [0.3, 0.4) is 0 Å². The summed E-state index contributed by atoms with van der Waals surface area (Å²) in [6.45, 7) is -0.321. The predicted molar refractivity (Wildman–Crippen MR) is 205 cm³/mol. The van der Waals surface area contributed by atoms with Crippen LogP contribution >= 0.6 is 11.6 Å². The molecule has 6 aromatic rings. The van der Waals surface area contributed by atoms with Crippen LogP contribution in [0.5, 0.6) is 63.2 Å². The number of halogens is 3. The number of carbonyl (C=O) groups excluding carboxylic acids is 3. The Morgan fingerprint density at radius 1 is 0.517 bits per heavy atom. The fourth-order valence-corrected chi connectivity index (χ4v) is 5.44. The summed E-state index contributed by atoms with van der Waals surface area (Å²) in [7, 11) is 0. The Kier molecular flexibility index (Phi) is 12.3. The Bertz CT molecular complexity index is 2510. The molecule has 15 heteroatoms. The number of hydrogen-bond donors (Lipinski definition) is 4. The van der Waals surface area contributed by atoms with Crippen molar-refractivity contribution in [3.8, 4) is 63.2 Å². The molecule has 0 fully saturated rings. The first-order chi connectivity index (χ1) is 27.7. The lowest BCUT2D eigenvalue weighted by atomic mass is 10.1. The van der Waals surface area contributed by atoms with Gasteiger partial charge in [0.25, 0.3) is 0 Å². The smallest absolute Gasteiger partial charge is 0.204 e. The molecule has 12 nitrogen and oxygen atoms in total. The van der Waals surface area contributed by atoms with Crippen molar-refractivity contribution in [2.45, 2.75) is 6.92 Å². The van der Waals surface area contributed by atoms with Crippen LogP contribution in [0.4, 0.5) is 8.78 Å². The lowest BCUT2D eigenvalue weighted by Gasteiger charge is -2.18. The van der Waals surface area contributed by atoms with Crippen LogP contribution < -0.4 is 23.7 Å². The van der Waals surface area contributed by atoms with Crippen molar-refractivity contribution in [3.05, 3.63) is 148 Å². The molecule has 0 aliphatic heterocycles. The third-order valence-electron chi connectivity index (χ3n) is 8.34. The van der Waals surface area contributed by atoms with E-state index in [0.717, 1.165) is 48.5 Å². The maximum absolute atomic E-state index is 14.4. The minimum atomic E-state index is -0.857. The fraction of sp³-hybridized carbons (Fsp3) is 0.0930. The summed E-state index contributed by atoms with van der Waals surface area (Å²) in [4.78, 5) is 40.2. The van der Waals surface area contributed by atoms with Crippen molar-refractivity contribution in [2.24, 2.45) is 0 Å². The number of carbonyl (C=O) groups is 3. The van der Waals surface area contributed by atoms with E-state index in [0.29, 0.717) is 10.8 Å². The Labute approximate surface area is 333 Å². The highest BCUT2D eigenvalue weighted by Gasteiger charge is 2.25. The van der Waals surface area contributed by atoms with Crippen molar-refractivity contribution in [2.75, 3.05) is 19.8 Å². The second kappa shape index (κ2) is 17.6. The SMILES string of the molecule is Cc1cc(C(=O)COc2ccc(F)cc2)c(Oc2cc(C(=O)COc3ccccc3F)c(Oc3cc(C(=O)COc4ccc(Cl)cc4)c(O)cc3O)cc2O)cc1O. The maximum Gasteiger partial charge on any atom is 0.204 e. The molecule has 0 radical (unpaired) electrons. The maximum atomic E-state index is 14.4. The van der Waals surface area contributed by atoms with Gasteiger partial charge in [-0.25, -0.2) is 8.78 Å². The molecule has 0 unspecified atom stereocenters. The topological polar surface area (TPSA) is 178 Å². The number of hydrogen-bond acceptors (Lipinski definition) is 12. The van der Waals surface area contributed by atoms with E-state index in [-0.39, 0.29) is 45.3 Å². The molecule has 0 saturated heterocycles. The van der Waals surface area contributed by atoms with E-state index in [1.165, 1.54) is 55.5 Å². The Balaban J connectivity index is 1.32. The number of para-hydroxylation sites is 1. The summed E-state index contributed by atoms with van der Waals surface area (Å²) in [6, 6.07) is 22.6. The van der Waals surface area contributed by atoms with Crippen molar-refractivity contribution in [1.82, 2.24) is 0 Å². The van der Waals surface area contributed by atoms with E-state index < -0.39 is 83.3 Å². The minimum Gasteiger partial charge on any atom is -0.508 e. The summed E-state index contributed by atoms with van der Waals surface area (Å²) < 4.78 is 55.9. The van der Waals surface area contributed by atoms with E-state index >= 15 is 0 Å². The zero-order valence-corrected chi connectivity index (χ0v) is 31.0. The van der Waals surface area contributed by atoms with Crippen molar-refractivity contribution in [1.29, 1.82) is 0 Å². The lowest BCUT2D eigenvalue weighted by molar-refractivity contribution is 0.0908. The van der Waals surface area contributed by atoms with Gasteiger partial charge in [-0.3, -0.25) is 14.4 Å². The minimum absolute atomic E-state index is 0.0980. The van der Waals surface area contributed by atoms with E-state index in [1.54, 1.807) is 12.1 Å². The zero-order chi connectivity index (χ0) is 41.5. The highest BCUT2D eigenvalue weighted by atomic mass is 35.5. The van der Waals surface area contributed by atoms with Crippen LogP contribution in [-0.4, -0.2) is 57.6 Å². The van der Waals surface area contributed by atoms with Gasteiger partial charge in [0.2, 0.25) is 17.3 Å². The molecular formula is C43H31ClF2O12. The number of ketones is 3. The van der Waals surface area contributed by atoms with Crippen LogP contribution in [-0.2, 0) is 0 Å². The molecule has 0 bridgehead atoms. The Morgan fingerprint density at radius 2 is 1.00 bits per heavy atom. The average Bonchev–Trinajstić information content (AvgIpc) is 3.20. The summed E-state index contributed by atoms with van der Waals surface area (Å²) in [5.41, 5.74) is -0.505.